The fourth-order valence-corrected chi connectivity index (χ4v) is 2.17. The zero-order valence-electron chi connectivity index (χ0n) is 11.8. The van der Waals surface area contributed by atoms with Gasteiger partial charge in [-0.15, -0.1) is 0 Å². The number of rotatable bonds is 3. The minimum absolute atomic E-state index is 0.306. The number of hydrogen-bond acceptors (Lipinski definition) is 4. The van der Waals surface area contributed by atoms with Gasteiger partial charge in [-0.05, 0) is 30.3 Å². The van der Waals surface area contributed by atoms with Gasteiger partial charge in [-0.25, -0.2) is 9.59 Å². The highest BCUT2D eigenvalue weighted by molar-refractivity contribution is 5.99. The number of aromatic nitrogens is 1. The van der Waals surface area contributed by atoms with Crippen LogP contribution in [0.2, 0.25) is 0 Å². The molecule has 0 aliphatic heterocycles. The minimum atomic E-state index is -0.475. The molecule has 5 heteroatoms. The summed E-state index contributed by atoms with van der Waals surface area (Å²) in [4.78, 5) is 26.6. The van der Waals surface area contributed by atoms with Crippen molar-refractivity contribution in [3.8, 4) is 5.75 Å². The van der Waals surface area contributed by atoms with E-state index in [9.17, 15) is 9.59 Å². The predicted octanol–water partition coefficient (Wildman–Crippen LogP) is 3.17. The number of methoxy groups -OCH3 is 1. The highest BCUT2D eigenvalue weighted by Crippen LogP contribution is 2.27. The van der Waals surface area contributed by atoms with Gasteiger partial charge in [0, 0.05) is 10.9 Å². The van der Waals surface area contributed by atoms with E-state index >= 15 is 0 Å². The van der Waals surface area contributed by atoms with Crippen molar-refractivity contribution in [1.82, 2.24) is 4.98 Å². The number of ether oxygens (including phenoxy) is 2. The van der Waals surface area contributed by atoms with Gasteiger partial charge in [-0.1, -0.05) is 24.3 Å². The van der Waals surface area contributed by atoms with Crippen LogP contribution in [0.25, 0.3) is 10.9 Å². The first-order chi connectivity index (χ1) is 10.7. The highest BCUT2D eigenvalue weighted by Gasteiger charge is 2.15. The van der Waals surface area contributed by atoms with Crippen molar-refractivity contribution < 1.29 is 19.1 Å². The third-order valence-corrected chi connectivity index (χ3v) is 3.24. The van der Waals surface area contributed by atoms with Crippen LogP contribution in [-0.4, -0.2) is 24.0 Å². The van der Waals surface area contributed by atoms with Gasteiger partial charge in [0.2, 0.25) is 0 Å². The van der Waals surface area contributed by atoms with Crippen LogP contribution in [0.4, 0.5) is 0 Å². The first-order valence-corrected chi connectivity index (χ1v) is 6.66. The van der Waals surface area contributed by atoms with Crippen molar-refractivity contribution in [2.75, 3.05) is 7.11 Å². The van der Waals surface area contributed by atoms with Gasteiger partial charge in [-0.2, -0.15) is 0 Å². The molecule has 0 amide bonds. The van der Waals surface area contributed by atoms with Crippen molar-refractivity contribution in [1.29, 1.82) is 0 Å². The van der Waals surface area contributed by atoms with Crippen molar-refractivity contribution in [3.05, 3.63) is 65.9 Å². The number of aromatic amines is 1. The Morgan fingerprint density at radius 2 is 1.73 bits per heavy atom. The van der Waals surface area contributed by atoms with Crippen LogP contribution in [-0.2, 0) is 4.74 Å². The Balaban J connectivity index is 1.95. The molecule has 0 aliphatic carbocycles. The highest BCUT2D eigenvalue weighted by atomic mass is 16.5. The molecule has 0 saturated carbocycles. The Kier molecular flexibility index (Phi) is 3.62. The third kappa shape index (κ3) is 2.56. The van der Waals surface area contributed by atoms with Gasteiger partial charge in [0.05, 0.1) is 12.7 Å². The van der Waals surface area contributed by atoms with Crippen LogP contribution in [0, 0.1) is 0 Å². The fourth-order valence-electron chi connectivity index (χ4n) is 2.17. The molecule has 1 heterocycles. The lowest BCUT2D eigenvalue weighted by atomic mass is 10.2. The van der Waals surface area contributed by atoms with Gasteiger partial charge in [-0.3, -0.25) is 0 Å². The molecule has 0 atom stereocenters. The maximum Gasteiger partial charge on any atom is 0.354 e. The summed E-state index contributed by atoms with van der Waals surface area (Å²) in [6, 6.07) is 15.5. The molecule has 3 rings (SSSR count). The van der Waals surface area contributed by atoms with E-state index in [4.69, 9.17) is 4.74 Å². The molecule has 22 heavy (non-hydrogen) atoms. The summed E-state index contributed by atoms with van der Waals surface area (Å²) in [6.07, 6.45) is 0. The lowest BCUT2D eigenvalue weighted by molar-refractivity contribution is 0.0594. The molecule has 110 valence electrons. The smallest absolute Gasteiger partial charge is 0.354 e. The third-order valence-electron chi connectivity index (χ3n) is 3.24. The summed E-state index contributed by atoms with van der Waals surface area (Å²) in [7, 11) is 1.31. The summed E-state index contributed by atoms with van der Waals surface area (Å²) in [5, 5.41) is 0.646. The minimum Gasteiger partial charge on any atom is -0.464 e. The second kappa shape index (κ2) is 5.73. The number of fused-ring (bicyclic) bond motifs is 1. The Morgan fingerprint density at radius 1 is 0.955 bits per heavy atom. The molecule has 0 fully saturated rings. The lowest BCUT2D eigenvalue weighted by Gasteiger charge is -2.05. The van der Waals surface area contributed by atoms with Crippen LogP contribution in [0.1, 0.15) is 20.8 Å². The maximum absolute atomic E-state index is 12.1. The number of carbonyl (C=O) groups is 2. The molecule has 0 spiro atoms. The first-order valence-electron chi connectivity index (χ1n) is 6.66. The number of esters is 2. The van der Waals surface area contributed by atoms with Crippen molar-refractivity contribution in [3.63, 3.8) is 0 Å². The first kappa shape index (κ1) is 13.9. The lowest BCUT2D eigenvalue weighted by Crippen LogP contribution is -2.08. The summed E-state index contributed by atoms with van der Waals surface area (Å²) in [5.74, 6) is -0.539. The zero-order chi connectivity index (χ0) is 15.5. The Bertz CT molecular complexity index is 836. The van der Waals surface area contributed by atoms with E-state index in [-0.39, 0.29) is 0 Å². The summed E-state index contributed by atoms with van der Waals surface area (Å²) in [6.45, 7) is 0. The summed E-state index contributed by atoms with van der Waals surface area (Å²) >= 11 is 0. The van der Waals surface area contributed by atoms with E-state index < -0.39 is 11.9 Å². The Hall–Kier alpha value is -3.08. The van der Waals surface area contributed by atoms with E-state index in [1.807, 2.05) is 6.07 Å². The van der Waals surface area contributed by atoms with Gasteiger partial charge >= 0.3 is 11.9 Å². The summed E-state index contributed by atoms with van der Waals surface area (Å²) in [5.41, 5.74) is 1.46. The second-order valence-electron chi connectivity index (χ2n) is 4.65. The van der Waals surface area contributed by atoms with Gasteiger partial charge in [0.15, 0.2) is 0 Å². The molecule has 1 N–H and O–H groups in total. The average molecular weight is 295 g/mol. The van der Waals surface area contributed by atoms with E-state index in [0.29, 0.717) is 27.9 Å². The quantitative estimate of drug-likeness (QED) is 0.595. The van der Waals surface area contributed by atoms with Crippen LogP contribution in [0.5, 0.6) is 5.75 Å². The molecule has 0 aliphatic rings. The number of carbonyl (C=O) groups excluding carboxylic acids is 2. The SMILES string of the molecule is COC(=O)c1cc2c(OC(=O)c3ccccc3)cccc2[nH]1. The van der Waals surface area contributed by atoms with E-state index in [0.717, 1.165) is 0 Å². The number of nitrogens with one attached hydrogen (secondary N) is 1. The maximum atomic E-state index is 12.1. The molecular formula is C17H13NO4. The van der Waals surface area contributed by atoms with Crippen LogP contribution < -0.4 is 4.74 Å². The van der Waals surface area contributed by atoms with Crippen molar-refractivity contribution in [2.24, 2.45) is 0 Å². The zero-order valence-corrected chi connectivity index (χ0v) is 11.8. The standard InChI is InChI=1S/C17H13NO4/c1-21-17(20)14-10-12-13(18-14)8-5-9-15(12)22-16(19)11-6-3-2-4-7-11/h2-10,18H,1H3. The Labute approximate surface area is 126 Å². The average Bonchev–Trinajstić information content (AvgIpc) is 3.00. The van der Waals surface area contributed by atoms with Gasteiger partial charge in [0.25, 0.3) is 0 Å². The normalized spacial score (nSPS) is 10.4. The largest absolute Gasteiger partial charge is 0.464 e. The molecule has 5 nitrogen and oxygen atoms in total. The van der Waals surface area contributed by atoms with Crippen LogP contribution >= 0.6 is 0 Å². The molecule has 0 unspecified atom stereocenters. The predicted molar refractivity (Wildman–Crippen MR) is 81.0 cm³/mol. The van der Waals surface area contributed by atoms with Crippen LogP contribution in [0.3, 0.4) is 0 Å². The van der Waals surface area contributed by atoms with Gasteiger partial charge < -0.3 is 14.5 Å². The molecule has 0 saturated heterocycles. The van der Waals surface area contributed by atoms with Crippen molar-refractivity contribution >= 4 is 22.8 Å². The monoisotopic (exact) mass is 295 g/mol. The number of benzene rings is 2. The molecule has 3 aromatic rings. The van der Waals surface area contributed by atoms with Crippen molar-refractivity contribution in [2.45, 2.75) is 0 Å². The summed E-state index contributed by atoms with van der Waals surface area (Å²) < 4.78 is 10.1. The molecule has 2 aromatic carbocycles. The van der Waals surface area contributed by atoms with E-state index in [1.165, 1.54) is 7.11 Å². The second-order valence-corrected chi connectivity index (χ2v) is 4.65. The van der Waals surface area contributed by atoms with E-state index in [1.54, 1.807) is 48.5 Å². The van der Waals surface area contributed by atoms with Crippen LogP contribution in [0.15, 0.2) is 54.6 Å². The molecule has 0 radical (unpaired) electrons. The van der Waals surface area contributed by atoms with E-state index in [2.05, 4.69) is 9.72 Å². The number of hydrogen-bond donors (Lipinski definition) is 1. The molecular weight excluding hydrogens is 282 g/mol. The Morgan fingerprint density at radius 3 is 2.45 bits per heavy atom. The fraction of sp³-hybridized carbons (Fsp3) is 0.0588. The molecule has 0 bridgehead atoms. The number of H-pyrrole nitrogens is 1. The molecule has 1 aromatic heterocycles. The van der Waals surface area contributed by atoms with Gasteiger partial charge in [0.1, 0.15) is 11.4 Å². The topological polar surface area (TPSA) is 68.4 Å².